The first-order chi connectivity index (χ1) is 20.7. The molecule has 0 aromatic heterocycles. The molecule has 2 amide bonds. The zero-order chi connectivity index (χ0) is 32.2. The minimum Gasteiger partial charge on any atom is -0.489 e. The highest BCUT2D eigenvalue weighted by Gasteiger charge is 2.38. The van der Waals surface area contributed by atoms with Gasteiger partial charge in [0.15, 0.2) is 0 Å². The predicted octanol–water partition coefficient (Wildman–Crippen LogP) is 7.02. The molecule has 4 rings (SSSR count). The Morgan fingerprint density at radius 1 is 1.02 bits per heavy atom. The van der Waals surface area contributed by atoms with E-state index in [1.54, 1.807) is 51.1 Å². The predicted molar refractivity (Wildman–Crippen MR) is 159 cm³/mol. The van der Waals surface area contributed by atoms with Crippen LogP contribution in [0, 0.1) is 0 Å². The molecule has 1 fully saturated rings. The Hall–Kier alpha value is -3.76. The number of hydrogen-bond donors (Lipinski definition) is 0. The summed E-state index contributed by atoms with van der Waals surface area (Å²) in [7, 11) is 2.61. The van der Waals surface area contributed by atoms with Crippen LogP contribution in [-0.2, 0) is 38.3 Å². The summed E-state index contributed by atoms with van der Waals surface area (Å²) in [6.45, 7) is 5.38. The largest absolute Gasteiger partial charge is 0.489 e. The molecule has 0 radical (unpaired) electrons. The molecule has 1 aliphatic heterocycles. The van der Waals surface area contributed by atoms with Gasteiger partial charge in [0.25, 0.3) is 5.91 Å². The van der Waals surface area contributed by atoms with E-state index in [2.05, 4.69) is 0 Å². The third kappa shape index (κ3) is 8.04. The molecule has 240 valence electrons. The summed E-state index contributed by atoms with van der Waals surface area (Å²) in [6.07, 6.45) is -0.554. The van der Waals surface area contributed by atoms with Crippen LogP contribution in [0.5, 0.6) is 5.75 Å². The number of anilines is 1. The fourth-order valence-electron chi connectivity index (χ4n) is 5.84. The zero-order valence-electron chi connectivity index (χ0n) is 26.0. The molecule has 0 spiro atoms. The Kier molecular flexibility index (Phi) is 10.2. The molecule has 0 N–H and O–H groups in total. The van der Waals surface area contributed by atoms with Crippen molar-refractivity contribution in [1.82, 2.24) is 4.90 Å². The molecule has 1 saturated carbocycles. The Balaban J connectivity index is 1.48. The zero-order valence-corrected chi connectivity index (χ0v) is 26.0. The normalized spacial score (nSPS) is 16.2. The van der Waals surface area contributed by atoms with E-state index >= 15 is 0 Å². The number of carbonyl (C=O) groups excluding carboxylic acids is 3. The average Bonchev–Trinajstić information content (AvgIpc) is 3.40. The first-order valence-electron chi connectivity index (χ1n) is 15.0. The molecular weight excluding hydrogens is 577 g/mol. The number of methoxy groups -OCH3 is 1. The van der Waals surface area contributed by atoms with Gasteiger partial charge in [-0.1, -0.05) is 31.4 Å². The smallest absolute Gasteiger partial charge is 0.416 e. The van der Waals surface area contributed by atoms with Crippen molar-refractivity contribution in [2.45, 2.75) is 96.1 Å². The third-order valence-electron chi connectivity index (χ3n) is 8.11. The molecule has 1 atom stereocenters. The van der Waals surface area contributed by atoms with Crippen molar-refractivity contribution < 1.29 is 41.8 Å². The van der Waals surface area contributed by atoms with E-state index in [0.717, 1.165) is 42.6 Å². The van der Waals surface area contributed by atoms with Gasteiger partial charge < -0.3 is 19.1 Å². The minimum atomic E-state index is -4.45. The van der Waals surface area contributed by atoms with Crippen LogP contribution < -0.4 is 9.64 Å². The quantitative estimate of drug-likeness (QED) is 0.296. The average molecular weight is 619 g/mol. The summed E-state index contributed by atoms with van der Waals surface area (Å²) in [6, 6.07) is 8.46. The van der Waals surface area contributed by atoms with Crippen LogP contribution in [0.25, 0.3) is 0 Å². The number of rotatable bonds is 8. The number of alkyl halides is 3. The SMILES string of the molecule is COC(=O)C[C@H](C(=O)N1CCc2cc(OCc3ccc(C4CCCCC4)c(C(F)(F)F)c3)ccc21)N(C)C(=O)OC(C)(C)C. The fraction of sp³-hybridized carbons (Fsp3) is 0.545. The summed E-state index contributed by atoms with van der Waals surface area (Å²) in [5.41, 5.74) is 0.803. The van der Waals surface area contributed by atoms with Gasteiger partial charge in [0.1, 0.15) is 24.0 Å². The monoisotopic (exact) mass is 618 g/mol. The number of fused-ring (bicyclic) bond motifs is 1. The number of nitrogens with zero attached hydrogens (tertiary/aromatic N) is 2. The lowest BCUT2D eigenvalue weighted by atomic mass is 9.81. The van der Waals surface area contributed by atoms with Crippen LogP contribution in [0.4, 0.5) is 23.7 Å². The van der Waals surface area contributed by atoms with Gasteiger partial charge in [0.2, 0.25) is 0 Å². The van der Waals surface area contributed by atoms with E-state index in [1.165, 1.54) is 25.1 Å². The van der Waals surface area contributed by atoms with E-state index in [-0.39, 0.29) is 18.9 Å². The van der Waals surface area contributed by atoms with Crippen molar-refractivity contribution in [2.75, 3.05) is 25.6 Å². The van der Waals surface area contributed by atoms with Crippen molar-refractivity contribution in [1.29, 1.82) is 0 Å². The summed E-state index contributed by atoms with van der Waals surface area (Å²) in [4.78, 5) is 41.2. The molecular formula is C33H41F3N2O6. The lowest BCUT2D eigenvalue weighted by Crippen LogP contribution is -2.51. The van der Waals surface area contributed by atoms with Gasteiger partial charge in [0, 0.05) is 19.3 Å². The molecule has 0 saturated heterocycles. The minimum absolute atomic E-state index is 0.0443. The lowest BCUT2D eigenvalue weighted by Gasteiger charge is -2.32. The first kappa shape index (κ1) is 33.1. The van der Waals surface area contributed by atoms with Crippen molar-refractivity contribution >= 4 is 23.7 Å². The van der Waals surface area contributed by atoms with Gasteiger partial charge in [-0.15, -0.1) is 0 Å². The van der Waals surface area contributed by atoms with Gasteiger partial charge in [-0.3, -0.25) is 14.5 Å². The highest BCUT2D eigenvalue weighted by molar-refractivity contribution is 6.02. The Morgan fingerprint density at radius 3 is 2.36 bits per heavy atom. The Labute approximate surface area is 256 Å². The number of esters is 1. The lowest BCUT2D eigenvalue weighted by molar-refractivity contribution is -0.144. The summed E-state index contributed by atoms with van der Waals surface area (Å²) in [5, 5.41) is 0. The van der Waals surface area contributed by atoms with E-state index in [1.807, 2.05) is 0 Å². The number of ether oxygens (including phenoxy) is 3. The van der Waals surface area contributed by atoms with Crippen LogP contribution in [-0.4, -0.2) is 55.2 Å². The molecule has 0 unspecified atom stereocenters. The highest BCUT2D eigenvalue weighted by Crippen LogP contribution is 2.41. The molecule has 44 heavy (non-hydrogen) atoms. The molecule has 2 aromatic carbocycles. The molecule has 1 aliphatic carbocycles. The number of carbonyl (C=O) groups is 3. The standard InChI is InChI=1S/C33H41F3N2O6/c1-32(2,3)44-31(41)37(4)28(19-29(39)42-5)30(40)38-16-15-23-18-24(12-14-27(23)38)43-20-21-11-13-25(22-9-7-6-8-10-22)26(17-21)33(34,35)36/h11-14,17-18,22,28H,6-10,15-16,19-20H2,1-5H3/t28-/m1/s1. The van der Waals surface area contributed by atoms with Gasteiger partial charge in [-0.2, -0.15) is 13.2 Å². The maximum atomic E-state index is 14.0. The molecule has 11 heteroatoms. The number of benzene rings is 2. The highest BCUT2D eigenvalue weighted by atomic mass is 19.4. The van der Waals surface area contributed by atoms with E-state index in [0.29, 0.717) is 35.5 Å². The number of halogens is 3. The third-order valence-corrected chi connectivity index (χ3v) is 8.11. The second-order valence-electron chi connectivity index (χ2n) is 12.5. The van der Waals surface area contributed by atoms with Crippen LogP contribution in [0.1, 0.15) is 87.5 Å². The molecule has 2 aromatic rings. The summed E-state index contributed by atoms with van der Waals surface area (Å²) < 4.78 is 58.0. The second kappa shape index (κ2) is 13.5. The fourth-order valence-corrected chi connectivity index (χ4v) is 5.84. The molecule has 8 nitrogen and oxygen atoms in total. The Bertz CT molecular complexity index is 1360. The van der Waals surface area contributed by atoms with E-state index in [4.69, 9.17) is 14.2 Å². The van der Waals surface area contributed by atoms with Crippen LogP contribution in [0.3, 0.4) is 0 Å². The van der Waals surface area contributed by atoms with Gasteiger partial charge in [-0.25, -0.2) is 4.79 Å². The van der Waals surface area contributed by atoms with Gasteiger partial charge in [-0.05, 0) is 86.9 Å². The van der Waals surface area contributed by atoms with Crippen LogP contribution in [0.2, 0.25) is 0 Å². The molecule has 0 bridgehead atoms. The van der Waals surface area contributed by atoms with Crippen molar-refractivity contribution in [2.24, 2.45) is 0 Å². The van der Waals surface area contributed by atoms with Crippen molar-refractivity contribution in [3.63, 3.8) is 0 Å². The molecule has 1 heterocycles. The number of hydrogen-bond acceptors (Lipinski definition) is 6. The molecule has 2 aliphatic rings. The van der Waals surface area contributed by atoms with Crippen molar-refractivity contribution in [3.8, 4) is 5.75 Å². The van der Waals surface area contributed by atoms with Crippen molar-refractivity contribution in [3.05, 3.63) is 58.7 Å². The van der Waals surface area contributed by atoms with E-state index in [9.17, 15) is 27.6 Å². The maximum absolute atomic E-state index is 14.0. The van der Waals surface area contributed by atoms with E-state index < -0.39 is 41.4 Å². The topological polar surface area (TPSA) is 85.4 Å². The first-order valence-corrected chi connectivity index (χ1v) is 15.0. The number of likely N-dealkylation sites (N-methyl/N-ethyl adjacent to an activating group) is 1. The number of amides is 2. The van der Waals surface area contributed by atoms with Gasteiger partial charge in [0.05, 0.1) is 19.1 Å². The summed E-state index contributed by atoms with van der Waals surface area (Å²) >= 11 is 0. The van der Waals surface area contributed by atoms with Crippen LogP contribution >= 0.6 is 0 Å². The second-order valence-corrected chi connectivity index (χ2v) is 12.5. The van der Waals surface area contributed by atoms with Crippen LogP contribution in [0.15, 0.2) is 36.4 Å². The Morgan fingerprint density at radius 2 is 1.73 bits per heavy atom. The van der Waals surface area contributed by atoms with Gasteiger partial charge >= 0.3 is 18.2 Å². The summed E-state index contributed by atoms with van der Waals surface area (Å²) in [5.74, 6) is -0.731. The maximum Gasteiger partial charge on any atom is 0.416 e.